The first kappa shape index (κ1) is 14.3. The third-order valence-corrected chi connectivity index (χ3v) is 3.47. The Morgan fingerprint density at radius 1 is 1.05 bits per heavy atom. The molecule has 22 heavy (non-hydrogen) atoms. The Morgan fingerprint density at radius 3 is 2.55 bits per heavy atom. The summed E-state index contributed by atoms with van der Waals surface area (Å²) in [6, 6.07) is 13.4. The lowest BCUT2D eigenvalue weighted by atomic mass is 10.1. The highest BCUT2D eigenvalue weighted by molar-refractivity contribution is 5.93. The van der Waals surface area contributed by atoms with Crippen LogP contribution in [0.3, 0.4) is 0 Å². The second-order valence-corrected chi connectivity index (χ2v) is 5.02. The van der Waals surface area contributed by atoms with Crippen LogP contribution in [0.4, 0.5) is 11.4 Å². The van der Waals surface area contributed by atoms with Crippen molar-refractivity contribution in [1.82, 2.24) is 0 Å². The maximum atomic E-state index is 11.9. The van der Waals surface area contributed by atoms with Gasteiger partial charge in [-0.05, 0) is 36.2 Å². The van der Waals surface area contributed by atoms with Crippen LogP contribution in [0.1, 0.15) is 12.5 Å². The minimum absolute atomic E-state index is 0.0954. The van der Waals surface area contributed by atoms with Crippen molar-refractivity contribution in [3.05, 3.63) is 48.0 Å². The largest absolute Gasteiger partial charge is 0.454 e. The van der Waals surface area contributed by atoms with E-state index in [2.05, 4.69) is 17.6 Å². The molecule has 0 saturated heterocycles. The first-order chi connectivity index (χ1) is 10.7. The van der Waals surface area contributed by atoms with E-state index in [1.165, 1.54) is 5.56 Å². The number of anilines is 2. The van der Waals surface area contributed by atoms with Gasteiger partial charge in [-0.2, -0.15) is 0 Å². The molecular weight excluding hydrogens is 280 g/mol. The third kappa shape index (κ3) is 3.31. The Balaban J connectivity index is 1.53. The number of ether oxygens (including phenoxy) is 2. The fourth-order valence-corrected chi connectivity index (χ4v) is 2.22. The minimum atomic E-state index is -0.0954. The van der Waals surface area contributed by atoms with Gasteiger partial charge in [-0.15, -0.1) is 0 Å². The topological polar surface area (TPSA) is 59.6 Å². The normalized spacial score (nSPS) is 12.0. The van der Waals surface area contributed by atoms with Gasteiger partial charge in [0.25, 0.3) is 0 Å². The molecule has 0 aliphatic carbocycles. The first-order valence-corrected chi connectivity index (χ1v) is 7.27. The van der Waals surface area contributed by atoms with Crippen molar-refractivity contribution < 1.29 is 14.3 Å². The standard InChI is InChI=1S/C17H18N2O3/c1-2-12-3-5-13(6-4-12)19-17(20)10-18-14-7-8-15-16(9-14)22-11-21-15/h3-9,18H,2,10-11H2,1H3,(H,19,20). The summed E-state index contributed by atoms with van der Waals surface area (Å²) in [5.41, 5.74) is 2.87. The summed E-state index contributed by atoms with van der Waals surface area (Å²) in [4.78, 5) is 11.9. The molecule has 0 atom stereocenters. The van der Waals surface area contributed by atoms with Crippen LogP contribution in [0.15, 0.2) is 42.5 Å². The van der Waals surface area contributed by atoms with E-state index >= 15 is 0 Å². The summed E-state index contributed by atoms with van der Waals surface area (Å²) in [5, 5.41) is 5.93. The molecule has 0 spiro atoms. The van der Waals surface area contributed by atoms with Gasteiger partial charge in [0.2, 0.25) is 12.7 Å². The van der Waals surface area contributed by atoms with Crippen LogP contribution in [-0.4, -0.2) is 19.2 Å². The van der Waals surface area contributed by atoms with E-state index in [1.807, 2.05) is 42.5 Å². The zero-order valence-corrected chi connectivity index (χ0v) is 12.4. The van der Waals surface area contributed by atoms with Gasteiger partial charge in [0.15, 0.2) is 11.5 Å². The maximum Gasteiger partial charge on any atom is 0.243 e. The Hall–Kier alpha value is -2.69. The molecule has 0 radical (unpaired) electrons. The van der Waals surface area contributed by atoms with Crippen LogP contribution < -0.4 is 20.1 Å². The fourth-order valence-electron chi connectivity index (χ4n) is 2.22. The number of rotatable bonds is 5. The first-order valence-electron chi connectivity index (χ1n) is 7.27. The van der Waals surface area contributed by atoms with Gasteiger partial charge in [-0.1, -0.05) is 19.1 Å². The average Bonchev–Trinajstić information content (AvgIpc) is 3.01. The molecule has 0 bridgehead atoms. The van der Waals surface area contributed by atoms with Crippen molar-refractivity contribution in [2.45, 2.75) is 13.3 Å². The molecule has 5 nitrogen and oxygen atoms in total. The van der Waals surface area contributed by atoms with Crippen molar-refractivity contribution >= 4 is 17.3 Å². The number of carbonyl (C=O) groups is 1. The Morgan fingerprint density at radius 2 is 1.77 bits per heavy atom. The van der Waals surface area contributed by atoms with Crippen molar-refractivity contribution in [2.24, 2.45) is 0 Å². The van der Waals surface area contributed by atoms with Gasteiger partial charge < -0.3 is 20.1 Å². The molecule has 2 aromatic carbocycles. The van der Waals surface area contributed by atoms with Gasteiger partial charge in [0.05, 0.1) is 6.54 Å². The van der Waals surface area contributed by atoms with Crippen LogP contribution in [0.2, 0.25) is 0 Å². The van der Waals surface area contributed by atoms with Crippen molar-refractivity contribution in [3.8, 4) is 11.5 Å². The Bertz CT molecular complexity index is 668. The number of nitrogens with one attached hydrogen (secondary N) is 2. The number of aryl methyl sites for hydroxylation is 1. The summed E-state index contributed by atoms with van der Waals surface area (Å²) in [6.45, 7) is 2.53. The lowest BCUT2D eigenvalue weighted by Crippen LogP contribution is -2.21. The van der Waals surface area contributed by atoms with Crippen molar-refractivity contribution in [2.75, 3.05) is 24.0 Å². The molecule has 1 aliphatic heterocycles. The quantitative estimate of drug-likeness (QED) is 0.891. The highest BCUT2D eigenvalue weighted by atomic mass is 16.7. The van der Waals surface area contributed by atoms with Crippen molar-refractivity contribution in [1.29, 1.82) is 0 Å². The zero-order valence-electron chi connectivity index (χ0n) is 12.4. The van der Waals surface area contributed by atoms with E-state index < -0.39 is 0 Å². The number of benzene rings is 2. The second-order valence-electron chi connectivity index (χ2n) is 5.02. The molecule has 0 saturated carbocycles. The van der Waals surface area contributed by atoms with E-state index in [9.17, 15) is 4.79 Å². The molecule has 1 heterocycles. The van der Waals surface area contributed by atoms with Crippen LogP contribution in [0, 0.1) is 0 Å². The zero-order chi connectivity index (χ0) is 15.4. The SMILES string of the molecule is CCc1ccc(NC(=O)CNc2ccc3c(c2)OCO3)cc1. The predicted octanol–water partition coefficient (Wildman–Crippen LogP) is 3.03. The number of fused-ring (bicyclic) bond motifs is 1. The van der Waals surface area contributed by atoms with E-state index in [0.717, 1.165) is 23.5 Å². The lowest BCUT2D eigenvalue weighted by Gasteiger charge is -2.09. The van der Waals surface area contributed by atoms with Gasteiger partial charge in [-0.3, -0.25) is 4.79 Å². The van der Waals surface area contributed by atoms with Gasteiger partial charge in [0, 0.05) is 17.4 Å². The molecule has 114 valence electrons. The molecule has 0 unspecified atom stereocenters. The molecule has 5 heteroatoms. The Labute approximate surface area is 129 Å². The predicted molar refractivity (Wildman–Crippen MR) is 85.5 cm³/mol. The highest BCUT2D eigenvalue weighted by Crippen LogP contribution is 2.34. The highest BCUT2D eigenvalue weighted by Gasteiger charge is 2.13. The van der Waals surface area contributed by atoms with Crippen LogP contribution in [0.5, 0.6) is 11.5 Å². The summed E-state index contributed by atoms with van der Waals surface area (Å²) < 4.78 is 10.5. The van der Waals surface area contributed by atoms with E-state index in [4.69, 9.17) is 9.47 Å². The van der Waals surface area contributed by atoms with Crippen molar-refractivity contribution in [3.63, 3.8) is 0 Å². The smallest absolute Gasteiger partial charge is 0.243 e. The summed E-state index contributed by atoms with van der Waals surface area (Å²) >= 11 is 0. The molecule has 1 aliphatic rings. The van der Waals surface area contributed by atoms with E-state index in [1.54, 1.807) is 0 Å². The molecule has 0 aromatic heterocycles. The summed E-state index contributed by atoms with van der Waals surface area (Å²) in [7, 11) is 0. The van der Waals surface area contributed by atoms with Crippen LogP contribution >= 0.6 is 0 Å². The number of carbonyl (C=O) groups excluding carboxylic acids is 1. The van der Waals surface area contributed by atoms with E-state index in [0.29, 0.717) is 5.75 Å². The number of amides is 1. The second kappa shape index (κ2) is 6.39. The number of hydrogen-bond donors (Lipinski definition) is 2. The van der Waals surface area contributed by atoms with Gasteiger partial charge in [-0.25, -0.2) is 0 Å². The molecule has 0 fully saturated rings. The fraction of sp³-hybridized carbons (Fsp3) is 0.235. The summed E-state index contributed by atoms with van der Waals surface area (Å²) in [6.07, 6.45) is 0.986. The number of hydrogen-bond acceptors (Lipinski definition) is 4. The monoisotopic (exact) mass is 298 g/mol. The molecule has 2 N–H and O–H groups in total. The molecule has 1 amide bonds. The molecule has 2 aromatic rings. The average molecular weight is 298 g/mol. The lowest BCUT2D eigenvalue weighted by molar-refractivity contribution is -0.114. The van der Waals surface area contributed by atoms with Gasteiger partial charge >= 0.3 is 0 Å². The maximum absolute atomic E-state index is 11.9. The molecule has 3 rings (SSSR count). The summed E-state index contributed by atoms with van der Waals surface area (Å²) in [5.74, 6) is 1.33. The van der Waals surface area contributed by atoms with Crippen LogP contribution in [-0.2, 0) is 11.2 Å². The Kier molecular flexibility index (Phi) is 4.14. The molecular formula is C17H18N2O3. The third-order valence-electron chi connectivity index (χ3n) is 3.47. The minimum Gasteiger partial charge on any atom is -0.454 e. The van der Waals surface area contributed by atoms with E-state index in [-0.39, 0.29) is 19.2 Å². The van der Waals surface area contributed by atoms with Gasteiger partial charge in [0.1, 0.15) is 0 Å². The van der Waals surface area contributed by atoms with Crippen LogP contribution in [0.25, 0.3) is 0 Å².